The van der Waals surface area contributed by atoms with E-state index in [4.69, 9.17) is 10.00 Å². The van der Waals surface area contributed by atoms with E-state index in [-0.39, 0.29) is 5.56 Å². The normalized spacial score (nSPS) is 9.95. The van der Waals surface area contributed by atoms with Crippen LogP contribution in [0.5, 0.6) is 5.75 Å². The van der Waals surface area contributed by atoms with Crippen molar-refractivity contribution < 1.29 is 9.13 Å². The molecule has 0 fully saturated rings. The van der Waals surface area contributed by atoms with E-state index in [9.17, 15) is 4.39 Å². The zero-order valence-corrected chi connectivity index (χ0v) is 11.9. The Morgan fingerprint density at radius 1 is 1.19 bits per heavy atom. The SMILES string of the molecule is CCCOc1ccc(NCc2ccc(F)c(C#N)c2)cc1. The maximum absolute atomic E-state index is 13.2. The van der Waals surface area contributed by atoms with Gasteiger partial charge in [0.1, 0.15) is 17.6 Å². The average Bonchev–Trinajstić information content (AvgIpc) is 2.53. The molecule has 0 saturated heterocycles. The molecule has 4 heteroatoms. The molecule has 2 rings (SSSR count). The first-order valence-electron chi connectivity index (χ1n) is 6.88. The van der Waals surface area contributed by atoms with Crippen LogP contribution in [-0.2, 0) is 6.54 Å². The molecule has 3 nitrogen and oxygen atoms in total. The maximum Gasteiger partial charge on any atom is 0.140 e. The Balaban J connectivity index is 1.95. The van der Waals surface area contributed by atoms with Gasteiger partial charge < -0.3 is 10.1 Å². The van der Waals surface area contributed by atoms with Crippen molar-refractivity contribution in [1.29, 1.82) is 5.26 Å². The highest BCUT2D eigenvalue weighted by atomic mass is 19.1. The van der Waals surface area contributed by atoms with Crippen molar-refractivity contribution in [3.63, 3.8) is 0 Å². The summed E-state index contributed by atoms with van der Waals surface area (Å²) < 4.78 is 18.7. The van der Waals surface area contributed by atoms with Gasteiger partial charge in [-0.25, -0.2) is 4.39 Å². The number of ether oxygens (including phenoxy) is 1. The van der Waals surface area contributed by atoms with Gasteiger partial charge in [-0.2, -0.15) is 5.26 Å². The summed E-state index contributed by atoms with van der Waals surface area (Å²) in [6, 6.07) is 14.1. The molecule has 0 atom stereocenters. The average molecular weight is 284 g/mol. The lowest BCUT2D eigenvalue weighted by Crippen LogP contribution is -2.01. The summed E-state index contributed by atoms with van der Waals surface area (Å²) in [5.74, 6) is 0.356. The Labute approximate surface area is 124 Å². The molecule has 2 aromatic rings. The van der Waals surface area contributed by atoms with Crippen molar-refractivity contribution in [3.05, 3.63) is 59.4 Å². The van der Waals surface area contributed by atoms with Crippen LogP contribution >= 0.6 is 0 Å². The summed E-state index contributed by atoms with van der Waals surface area (Å²) in [6.45, 7) is 3.30. The Morgan fingerprint density at radius 3 is 2.62 bits per heavy atom. The van der Waals surface area contributed by atoms with E-state index < -0.39 is 5.82 Å². The quantitative estimate of drug-likeness (QED) is 0.868. The molecule has 21 heavy (non-hydrogen) atoms. The Bertz CT molecular complexity index is 632. The van der Waals surface area contributed by atoms with Crippen LogP contribution in [-0.4, -0.2) is 6.61 Å². The molecule has 0 amide bonds. The molecule has 2 aromatic carbocycles. The molecule has 0 aliphatic heterocycles. The fraction of sp³-hybridized carbons (Fsp3) is 0.235. The lowest BCUT2D eigenvalue weighted by atomic mass is 10.1. The number of hydrogen-bond acceptors (Lipinski definition) is 3. The maximum atomic E-state index is 13.2. The van der Waals surface area contributed by atoms with Gasteiger partial charge in [-0.3, -0.25) is 0 Å². The molecule has 0 radical (unpaired) electrons. The van der Waals surface area contributed by atoms with E-state index in [1.807, 2.05) is 30.3 Å². The highest BCUT2D eigenvalue weighted by Crippen LogP contribution is 2.17. The minimum absolute atomic E-state index is 0.0672. The van der Waals surface area contributed by atoms with Crippen LogP contribution < -0.4 is 10.1 Å². The van der Waals surface area contributed by atoms with Gasteiger partial charge in [-0.15, -0.1) is 0 Å². The number of nitrogens with zero attached hydrogens (tertiary/aromatic N) is 1. The van der Waals surface area contributed by atoms with Crippen molar-refractivity contribution in [1.82, 2.24) is 0 Å². The predicted molar refractivity (Wildman–Crippen MR) is 80.7 cm³/mol. The van der Waals surface area contributed by atoms with Gasteiger partial charge >= 0.3 is 0 Å². The van der Waals surface area contributed by atoms with Gasteiger partial charge in [-0.1, -0.05) is 13.0 Å². The van der Waals surface area contributed by atoms with Crippen molar-refractivity contribution >= 4 is 5.69 Å². The minimum Gasteiger partial charge on any atom is -0.494 e. The second-order valence-electron chi connectivity index (χ2n) is 4.65. The zero-order chi connectivity index (χ0) is 15.1. The monoisotopic (exact) mass is 284 g/mol. The molecule has 1 N–H and O–H groups in total. The summed E-state index contributed by atoms with van der Waals surface area (Å²) in [4.78, 5) is 0. The molecular weight excluding hydrogens is 267 g/mol. The number of rotatable bonds is 6. The first-order chi connectivity index (χ1) is 10.2. The van der Waals surface area contributed by atoms with Crippen molar-refractivity contribution in [2.24, 2.45) is 0 Å². The molecular formula is C17H17FN2O. The molecule has 0 spiro atoms. The summed E-state index contributed by atoms with van der Waals surface area (Å²) in [5.41, 5.74) is 1.87. The molecule has 108 valence electrons. The first-order valence-corrected chi connectivity index (χ1v) is 6.88. The van der Waals surface area contributed by atoms with Crippen LogP contribution in [0.1, 0.15) is 24.5 Å². The molecule has 0 bridgehead atoms. The number of anilines is 1. The predicted octanol–water partition coefficient (Wildman–Crippen LogP) is 4.10. The van der Waals surface area contributed by atoms with E-state index in [1.165, 1.54) is 6.07 Å². The third-order valence-corrected chi connectivity index (χ3v) is 2.98. The minimum atomic E-state index is -0.487. The highest BCUT2D eigenvalue weighted by Gasteiger charge is 2.02. The van der Waals surface area contributed by atoms with Gasteiger partial charge in [0.05, 0.1) is 12.2 Å². The van der Waals surface area contributed by atoms with E-state index in [1.54, 1.807) is 12.1 Å². The molecule has 0 unspecified atom stereocenters. The summed E-state index contributed by atoms with van der Waals surface area (Å²) >= 11 is 0. The van der Waals surface area contributed by atoms with Gasteiger partial charge in [0.15, 0.2) is 0 Å². The van der Waals surface area contributed by atoms with Gasteiger partial charge in [0, 0.05) is 12.2 Å². The van der Waals surface area contributed by atoms with Crippen LogP contribution in [0.25, 0.3) is 0 Å². The van der Waals surface area contributed by atoms with Crippen molar-refractivity contribution in [2.45, 2.75) is 19.9 Å². The van der Waals surface area contributed by atoms with Gasteiger partial charge in [0.25, 0.3) is 0 Å². The van der Waals surface area contributed by atoms with E-state index >= 15 is 0 Å². The number of nitriles is 1. The lowest BCUT2D eigenvalue weighted by Gasteiger charge is -2.09. The molecule has 0 aliphatic rings. The largest absolute Gasteiger partial charge is 0.494 e. The zero-order valence-electron chi connectivity index (χ0n) is 11.9. The number of hydrogen-bond donors (Lipinski definition) is 1. The first kappa shape index (κ1) is 14.9. The van der Waals surface area contributed by atoms with E-state index in [0.717, 1.165) is 23.4 Å². The van der Waals surface area contributed by atoms with Gasteiger partial charge in [-0.05, 0) is 48.4 Å². The number of nitrogens with one attached hydrogen (secondary N) is 1. The molecule has 0 heterocycles. The molecule has 0 aromatic heterocycles. The van der Waals surface area contributed by atoms with Crippen LogP contribution in [0.2, 0.25) is 0 Å². The molecule has 0 saturated carbocycles. The van der Waals surface area contributed by atoms with Crippen molar-refractivity contribution in [3.8, 4) is 11.8 Å². The molecule has 0 aliphatic carbocycles. The van der Waals surface area contributed by atoms with Gasteiger partial charge in [0.2, 0.25) is 0 Å². The summed E-state index contributed by atoms with van der Waals surface area (Å²) in [6.07, 6.45) is 0.978. The topological polar surface area (TPSA) is 45.0 Å². The third-order valence-electron chi connectivity index (χ3n) is 2.98. The lowest BCUT2D eigenvalue weighted by molar-refractivity contribution is 0.317. The fourth-order valence-corrected chi connectivity index (χ4v) is 1.86. The van der Waals surface area contributed by atoms with Crippen LogP contribution in [0.15, 0.2) is 42.5 Å². The van der Waals surface area contributed by atoms with E-state index in [2.05, 4.69) is 12.2 Å². The summed E-state index contributed by atoms with van der Waals surface area (Å²) in [5, 5.41) is 12.0. The van der Waals surface area contributed by atoms with Crippen molar-refractivity contribution in [2.75, 3.05) is 11.9 Å². The number of halogens is 1. The Morgan fingerprint density at radius 2 is 1.95 bits per heavy atom. The van der Waals surface area contributed by atoms with E-state index in [0.29, 0.717) is 13.2 Å². The van der Waals surface area contributed by atoms with Crippen LogP contribution in [0.3, 0.4) is 0 Å². The fourth-order valence-electron chi connectivity index (χ4n) is 1.86. The second kappa shape index (κ2) is 7.30. The number of benzene rings is 2. The van der Waals surface area contributed by atoms with Crippen LogP contribution in [0.4, 0.5) is 10.1 Å². The smallest absolute Gasteiger partial charge is 0.140 e. The highest BCUT2D eigenvalue weighted by molar-refractivity contribution is 5.47. The Kier molecular flexibility index (Phi) is 5.16. The standard InChI is InChI=1S/C17H17FN2O/c1-2-9-21-16-6-4-15(5-7-16)20-12-13-3-8-17(18)14(10-13)11-19/h3-8,10,20H,2,9,12H2,1H3. The summed E-state index contributed by atoms with van der Waals surface area (Å²) in [7, 11) is 0. The Hall–Kier alpha value is -2.54. The second-order valence-corrected chi connectivity index (χ2v) is 4.65. The third kappa shape index (κ3) is 4.22. The van der Waals surface area contributed by atoms with Crippen LogP contribution in [0, 0.1) is 17.1 Å².